The third-order valence-electron chi connectivity index (χ3n) is 3.12. The molecule has 0 saturated carbocycles. The molecule has 0 N–H and O–H groups in total. The summed E-state index contributed by atoms with van der Waals surface area (Å²) < 4.78 is 16.6. The summed E-state index contributed by atoms with van der Waals surface area (Å²) >= 11 is 9.59. The lowest BCUT2D eigenvalue weighted by molar-refractivity contribution is 0.639. The van der Waals surface area contributed by atoms with E-state index in [1.165, 1.54) is 6.07 Å². The van der Waals surface area contributed by atoms with Gasteiger partial charge in [-0.3, -0.25) is 0 Å². The minimum atomic E-state index is -0.196. The first-order valence-electron chi connectivity index (χ1n) is 5.82. The molecule has 0 atom stereocenters. The van der Waals surface area contributed by atoms with Gasteiger partial charge in [0.25, 0.3) is 0 Å². The van der Waals surface area contributed by atoms with Gasteiger partial charge in [-0.2, -0.15) is 0 Å². The summed E-state index contributed by atoms with van der Waals surface area (Å²) in [6.07, 6.45) is 1.88. The average Bonchev–Trinajstić information content (AvgIpc) is 2.78. The van der Waals surface area contributed by atoms with Crippen LogP contribution in [0.3, 0.4) is 0 Å². The summed E-state index contributed by atoms with van der Waals surface area (Å²) in [6.45, 7) is 0.624. The number of hydrogen-bond acceptors (Lipinski definition) is 0. The number of nitrogens with zero attached hydrogens (tertiary/aromatic N) is 1. The Morgan fingerprint density at radius 3 is 2.79 bits per heavy atom. The zero-order valence-corrected chi connectivity index (χ0v) is 12.2. The molecule has 4 heteroatoms. The van der Waals surface area contributed by atoms with E-state index in [-0.39, 0.29) is 5.82 Å². The van der Waals surface area contributed by atoms with E-state index in [1.807, 2.05) is 35.0 Å². The molecular formula is C15H10BrClFN. The molecule has 0 unspecified atom stereocenters. The summed E-state index contributed by atoms with van der Waals surface area (Å²) in [4.78, 5) is 0. The van der Waals surface area contributed by atoms with Gasteiger partial charge in [-0.1, -0.05) is 39.7 Å². The fraction of sp³-hybridized carbons (Fsp3) is 0.0667. The van der Waals surface area contributed by atoms with Crippen LogP contribution in [0.1, 0.15) is 5.56 Å². The van der Waals surface area contributed by atoms with E-state index in [4.69, 9.17) is 11.6 Å². The fourth-order valence-electron chi connectivity index (χ4n) is 2.16. The van der Waals surface area contributed by atoms with Gasteiger partial charge < -0.3 is 4.57 Å². The molecule has 0 aliphatic rings. The number of rotatable bonds is 2. The third kappa shape index (κ3) is 2.40. The summed E-state index contributed by atoms with van der Waals surface area (Å²) in [6, 6.07) is 12.7. The van der Waals surface area contributed by atoms with Crippen LogP contribution in [0, 0.1) is 5.82 Å². The highest BCUT2D eigenvalue weighted by Gasteiger charge is 2.07. The molecule has 96 valence electrons. The van der Waals surface area contributed by atoms with Crippen molar-refractivity contribution in [2.75, 3.05) is 0 Å². The van der Waals surface area contributed by atoms with Crippen LogP contribution < -0.4 is 0 Å². The van der Waals surface area contributed by atoms with Crippen LogP contribution in [0.5, 0.6) is 0 Å². The summed E-state index contributed by atoms with van der Waals surface area (Å²) in [5.41, 5.74) is 1.88. The van der Waals surface area contributed by atoms with Crippen LogP contribution in [0.15, 0.2) is 53.1 Å². The maximum Gasteiger partial charge on any atom is 0.132 e. The molecule has 3 rings (SSSR count). The van der Waals surface area contributed by atoms with Crippen LogP contribution in [0.4, 0.5) is 4.39 Å². The molecule has 1 nitrogen and oxygen atoms in total. The second kappa shape index (κ2) is 4.99. The second-order valence-electron chi connectivity index (χ2n) is 4.35. The van der Waals surface area contributed by atoms with E-state index in [0.717, 1.165) is 15.6 Å². The van der Waals surface area contributed by atoms with Gasteiger partial charge in [0.05, 0.1) is 5.52 Å². The van der Waals surface area contributed by atoms with Crippen molar-refractivity contribution in [2.45, 2.75) is 6.54 Å². The lowest BCUT2D eigenvalue weighted by atomic mass is 10.2. The zero-order chi connectivity index (χ0) is 13.4. The number of fused-ring (bicyclic) bond motifs is 1. The molecule has 0 radical (unpaired) electrons. The Balaban J connectivity index is 2.04. The second-order valence-corrected chi connectivity index (χ2v) is 5.67. The molecule has 3 aromatic rings. The molecule has 0 amide bonds. The Labute approximate surface area is 123 Å². The van der Waals surface area contributed by atoms with Crippen LogP contribution in [-0.4, -0.2) is 4.57 Å². The minimum Gasteiger partial charge on any atom is -0.343 e. The number of hydrogen-bond donors (Lipinski definition) is 0. The zero-order valence-electron chi connectivity index (χ0n) is 9.91. The summed E-state index contributed by atoms with van der Waals surface area (Å²) in [5, 5.41) is 1.34. The van der Waals surface area contributed by atoms with Crippen molar-refractivity contribution in [2.24, 2.45) is 0 Å². The number of aromatic nitrogens is 1. The van der Waals surface area contributed by atoms with Crippen molar-refractivity contribution in [3.8, 4) is 0 Å². The number of benzene rings is 2. The molecule has 2 aromatic carbocycles. The van der Waals surface area contributed by atoms with Gasteiger partial charge in [0.1, 0.15) is 5.82 Å². The van der Waals surface area contributed by atoms with Gasteiger partial charge in [-0.15, -0.1) is 0 Å². The Hall–Kier alpha value is -1.32. The van der Waals surface area contributed by atoms with Gasteiger partial charge in [-0.05, 0) is 35.9 Å². The molecule has 0 aliphatic carbocycles. The molecule has 0 bridgehead atoms. The Kier molecular flexibility index (Phi) is 3.33. The maximum atomic E-state index is 13.6. The van der Waals surface area contributed by atoms with Crippen LogP contribution in [0.2, 0.25) is 5.02 Å². The highest BCUT2D eigenvalue weighted by atomic mass is 79.9. The molecule has 0 fully saturated rings. The largest absolute Gasteiger partial charge is 0.343 e. The van der Waals surface area contributed by atoms with Gasteiger partial charge in [0.2, 0.25) is 0 Å². The van der Waals surface area contributed by atoms with Gasteiger partial charge in [0.15, 0.2) is 0 Å². The molecule has 1 aromatic heterocycles. The van der Waals surface area contributed by atoms with Crippen molar-refractivity contribution in [3.05, 3.63) is 69.5 Å². The normalized spacial score (nSPS) is 11.1. The molecule has 0 spiro atoms. The van der Waals surface area contributed by atoms with Crippen LogP contribution >= 0.6 is 27.5 Å². The van der Waals surface area contributed by atoms with E-state index in [9.17, 15) is 4.39 Å². The smallest absolute Gasteiger partial charge is 0.132 e. The van der Waals surface area contributed by atoms with E-state index in [1.54, 1.807) is 12.1 Å². The Morgan fingerprint density at radius 1 is 1.16 bits per heavy atom. The first-order chi connectivity index (χ1) is 9.15. The van der Waals surface area contributed by atoms with E-state index >= 15 is 0 Å². The average molecular weight is 339 g/mol. The third-order valence-corrected chi connectivity index (χ3v) is 3.96. The lowest BCUT2D eigenvalue weighted by Gasteiger charge is -2.08. The monoisotopic (exact) mass is 337 g/mol. The molecule has 0 aliphatic heterocycles. The van der Waals surface area contributed by atoms with E-state index in [2.05, 4.69) is 15.9 Å². The van der Waals surface area contributed by atoms with Crippen molar-refractivity contribution >= 4 is 38.4 Å². The number of halogens is 3. The lowest BCUT2D eigenvalue weighted by Crippen LogP contribution is -1.98. The first kappa shape index (κ1) is 12.7. The van der Waals surface area contributed by atoms with Crippen LogP contribution in [0.25, 0.3) is 10.9 Å². The molecule has 1 heterocycles. The quantitative estimate of drug-likeness (QED) is 0.602. The van der Waals surface area contributed by atoms with Gasteiger partial charge in [-0.25, -0.2) is 4.39 Å². The van der Waals surface area contributed by atoms with Crippen LogP contribution in [-0.2, 0) is 6.54 Å². The van der Waals surface area contributed by atoms with E-state index in [0.29, 0.717) is 17.0 Å². The van der Waals surface area contributed by atoms with Gasteiger partial charge in [0, 0.05) is 27.6 Å². The first-order valence-corrected chi connectivity index (χ1v) is 6.99. The topological polar surface area (TPSA) is 4.93 Å². The SMILES string of the molecule is Fc1cccc2c1ccn2Cc1ccc(Br)cc1Cl. The summed E-state index contributed by atoms with van der Waals surface area (Å²) in [7, 11) is 0. The Morgan fingerprint density at radius 2 is 2.00 bits per heavy atom. The molecular weight excluding hydrogens is 329 g/mol. The van der Waals surface area contributed by atoms with Crippen molar-refractivity contribution in [1.29, 1.82) is 0 Å². The predicted octanol–water partition coefficient (Wildman–Crippen LogP) is 5.24. The predicted molar refractivity (Wildman–Crippen MR) is 80.2 cm³/mol. The Bertz CT molecular complexity index is 751. The van der Waals surface area contributed by atoms with E-state index < -0.39 is 0 Å². The van der Waals surface area contributed by atoms with Crippen molar-refractivity contribution < 1.29 is 4.39 Å². The van der Waals surface area contributed by atoms with Gasteiger partial charge >= 0.3 is 0 Å². The highest BCUT2D eigenvalue weighted by Crippen LogP contribution is 2.25. The minimum absolute atomic E-state index is 0.196. The highest BCUT2D eigenvalue weighted by molar-refractivity contribution is 9.10. The molecule has 19 heavy (non-hydrogen) atoms. The molecule has 0 saturated heterocycles. The summed E-state index contributed by atoms with van der Waals surface area (Å²) in [5.74, 6) is -0.196. The fourth-order valence-corrected chi connectivity index (χ4v) is 2.89. The standard InChI is InChI=1S/C15H10BrClFN/c16-11-5-4-10(13(17)8-11)9-19-7-6-12-14(18)2-1-3-15(12)19/h1-8H,9H2. The van der Waals surface area contributed by atoms with Crippen molar-refractivity contribution in [3.63, 3.8) is 0 Å². The maximum absolute atomic E-state index is 13.6. The van der Waals surface area contributed by atoms with Crippen molar-refractivity contribution in [1.82, 2.24) is 4.57 Å².